The molecule has 0 rings (SSSR count). The van der Waals surface area contributed by atoms with E-state index in [1.807, 2.05) is 12.2 Å². The monoisotopic (exact) mass is 1070 g/mol. The van der Waals surface area contributed by atoms with E-state index >= 15 is 0 Å². The molecule has 0 saturated carbocycles. The molecule has 0 aromatic carbocycles. The second-order valence-corrected chi connectivity index (χ2v) is 19.4. The Morgan fingerprint density at radius 3 is 1.01 bits per heavy atom. The predicted molar refractivity (Wildman–Crippen MR) is 315 cm³/mol. The van der Waals surface area contributed by atoms with Crippen LogP contribution < -0.4 is 0 Å². The number of esters is 3. The van der Waals surface area contributed by atoms with E-state index in [0.717, 1.165) is 122 Å². The van der Waals surface area contributed by atoms with Crippen molar-refractivity contribution in [1.29, 1.82) is 0 Å². The first-order valence-corrected chi connectivity index (χ1v) is 29.9. The van der Waals surface area contributed by atoms with Gasteiger partial charge in [0.15, 0.2) is 6.10 Å². The second-order valence-electron chi connectivity index (χ2n) is 18.0. The Kier molecular flexibility index (Phi) is 52.7. The molecule has 0 aliphatic heterocycles. The van der Waals surface area contributed by atoms with E-state index in [1.54, 1.807) is 0 Å². The summed E-state index contributed by atoms with van der Waals surface area (Å²) in [6.07, 6.45) is 73.6. The van der Waals surface area contributed by atoms with E-state index in [2.05, 4.69) is 167 Å². The van der Waals surface area contributed by atoms with E-state index in [4.69, 9.17) is 23.3 Å². The number of carbonyl (C=O) groups is 3. The van der Waals surface area contributed by atoms with Gasteiger partial charge in [-0.25, -0.2) is 4.57 Å². The standard InChI is InChI=1S/C64H99O11P/c1-4-7-10-13-16-19-22-25-27-29-30-32-34-37-40-43-46-49-52-55-64(68)75-61(57-71-62(66)53-50-47-44-41-38-35-24-21-18-15-12-9-6-3)59-73-76(69,70)72-58-60(56-65)74-63(67)54-51-48-45-42-39-36-33-31-28-26-23-20-17-14-11-8-5-2/h7-12,16-21,25-28,30,32-33,35-38,40,42,45,60-61,65H,4-6,13-15,22-24,29,31,34,39,41,43-44,46-59H2,1-3H3,(H,69,70)/b10-7-,11-8-,12-9-,19-16-,20-17-,21-18-,27-25-,28-26-,32-30-,36-33-,38-35-,40-37-,45-42-. The zero-order chi connectivity index (χ0) is 55.5. The highest BCUT2D eigenvalue weighted by Gasteiger charge is 2.28. The number of hydrogen-bond acceptors (Lipinski definition) is 10. The van der Waals surface area contributed by atoms with Crippen molar-refractivity contribution in [1.82, 2.24) is 0 Å². The summed E-state index contributed by atoms with van der Waals surface area (Å²) in [5.74, 6) is -1.63. The van der Waals surface area contributed by atoms with Crippen molar-refractivity contribution in [2.24, 2.45) is 0 Å². The highest BCUT2D eigenvalue weighted by Crippen LogP contribution is 2.43. The van der Waals surface area contributed by atoms with Gasteiger partial charge in [-0.05, 0) is 135 Å². The number of carbonyl (C=O) groups excluding carboxylic acids is 3. The second kappa shape index (κ2) is 56.3. The van der Waals surface area contributed by atoms with Gasteiger partial charge in [0.1, 0.15) is 12.7 Å². The van der Waals surface area contributed by atoms with Gasteiger partial charge in [-0.15, -0.1) is 0 Å². The summed E-state index contributed by atoms with van der Waals surface area (Å²) in [5.41, 5.74) is 0. The van der Waals surface area contributed by atoms with Crippen LogP contribution in [0.4, 0.5) is 0 Å². The number of rotatable bonds is 50. The fraction of sp³-hybridized carbons (Fsp3) is 0.547. The summed E-state index contributed by atoms with van der Waals surface area (Å²) in [7, 11) is -4.79. The number of unbranched alkanes of at least 4 members (excludes halogenated alkanes) is 7. The van der Waals surface area contributed by atoms with E-state index < -0.39 is 57.8 Å². The number of ether oxygens (including phenoxy) is 3. The average molecular weight is 1080 g/mol. The van der Waals surface area contributed by atoms with E-state index in [1.165, 1.54) is 0 Å². The van der Waals surface area contributed by atoms with Crippen molar-refractivity contribution >= 4 is 25.7 Å². The molecule has 76 heavy (non-hydrogen) atoms. The lowest BCUT2D eigenvalue weighted by Gasteiger charge is -2.21. The third kappa shape index (κ3) is 53.9. The first kappa shape index (κ1) is 71.1. The van der Waals surface area contributed by atoms with Crippen molar-refractivity contribution in [2.45, 2.75) is 200 Å². The summed E-state index contributed by atoms with van der Waals surface area (Å²) in [4.78, 5) is 48.5. The summed E-state index contributed by atoms with van der Waals surface area (Å²) < 4.78 is 39.4. The molecule has 0 aliphatic rings. The Bertz CT molecular complexity index is 1880. The normalized spacial score (nSPS) is 14.5. The fourth-order valence-corrected chi connectivity index (χ4v) is 7.51. The first-order valence-electron chi connectivity index (χ1n) is 28.4. The molecule has 0 fully saturated rings. The van der Waals surface area contributed by atoms with Crippen LogP contribution in [-0.2, 0) is 42.2 Å². The molecule has 2 N–H and O–H groups in total. The molecule has 0 aliphatic carbocycles. The molecular formula is C64H99O11P. The maximum absolute atomic E-state index is 12.9. The highest BCUT2D eigenvalue weighted by molar-refractivity contribution is 7.47. The minimum atomic E-state index is -4.79. The van der Waals surface area contributed by atoms with Crippen LogP contribution in [0.25, 0.3) is 0 Å². The number of phosphoric acid groups is 1. The summed E-state index contributed by atoms with van der Waals surface area (Å²) in [6, 6.07) is 0. The average Bonchev–Trinajstić information content (AvgIpc) is 3.41. The topological polar surface area (TPSA) is 155 Å². The molecule has 0 heterocycles. The van der Waals surface area contributed by atoms with Crippen LogP contribution in [-0.4, -0.2) is 66.5 Å². The Morgan fingerprint density at radius 2 is 0.658 bits per heavy atom. The molecule has 0 saturated heterocycles. The zero-order valence-corrected chi connectivity index (χ0v) is 47.8. The predicted octanol–water partition coefficient (Wildman–Crippen LogP) is 16.9. The van der Waals surface area contributed by atoms with Gasteiger partial charge in [0.25, 0.3) is 0 Å². The van der Waals surface area contributed by atoms with Crippen molar-refractivity contribution in [3.05, 3.63) is 158 Å². The van der Waals surface area contributed by atoms with Crippen molar-refractivity contribution < 1.29 is 52.2 Å². The van der Waals surface area contributed by atoms with Crippen LogP contribution in [0.2, 0.25) is 0 Å². The largest absolute Gasteiger partial charge is 0.472 e. The Balaban J connectivity index is 4.89. The molecule has 11 nitrogen and oxygen atoms in total. The lowest BCUT2D eigenvalue weighted by Crippen LogP contribution is -2.30. The third-order valence-electron chi connectivity index (χ3n) is 10.9. The molecule has 0 spiro atoms. The van der Waals surface area contributed by atoms with Crippen LogP contribution >= 0.6 is 7.82 Å². The van der Waals surface area contributed by atoms with Gasteiger partial charge in [-0.2, -0.15) is 0 Å². The van der Waals surface area contributed by atoms with E-state index in [-0.39, 0.29) is 25.9 Å². The van der Waals surface area contributed by atoms with Crippen LogP contribution in [0.15, 0.2) is 158 Å². The molecular weight excluding hydrogens is 976 g/mol. The summed E-state index contributed by atoms with van der Waals surface area (Å²) in [6.45, 7) is 4.13. The van der Waals surface area contributed by atoms with Gasteiger partial charge in [0.2, 0.25) is 0 Å². The molecule has 3 unspecified atom stereocenters. The van der Waals surface area contributed by atoms with Gasteiger partial charge < -0.3 is 24.2 Å². The maximum atomic E-state index is 12.9. The molecule has 0 aromatic rings. The van der Waals surface area contributed by atoms with Crippen LogP contribution in [0.1, 0.15) is 188 Å². The molecule has 426 valence electrons. The van der Waals surface area contributed by atoms with Crippen molar-refractivity contribution in [3.63, 3.8) is 0 Å². The van der Waals surface area contributed by atoms with Crippen molar-refractivity contribution in [3.8, 4) is 0 Å². The third-order valence-corrected chi connectivity index (χ3v) is 11.9. The van der Waals surface area contributed by atoms with Gasteiger partial charge in [0, 0.05) is 19.3 Å². The first-order chi connectivity index (χ1) is 37.2. The lowest BCUT2D eigenvalue weighted by molar-refractivity contribution is -0.161. The van der Waals surface area contributed by atoms with Crippen LogP contribution in [0.3, 0.4) is 0 Å². The molecule has 12 heteroatoms. The number of aliphatic hydroxyl groups is 1. The Morgan fingerprint density at radius 1 is 0.368 bits per heavy atom. The Hall–Kier alpha value is -4.90. The molecule has 0 aromatic heterocycles. The fourth-order valence-electron chi connectivity index (χ4n) is 6.72. The van der Waals surface area contributed by atoms with E-state index in [0.29, 0.717) is 25.7 Å². The minimum Gasteiger partial charge on any atom is -0.462 e. The summed E-state index contributed by atoms with van der Waals surface area (Å²) >= 11 is 0. The lowest BCUT2D eigenvalue weighted by atomic mass is 10.1. The smallest absolute Gasteiger partial charge is 0.462 e. The molecule has 3 atom stereocenters. The number of aliphatic hydroxyl groups excluding tert-OH is 1. The number of hydrogen-bond donors (Lipinski definition) is 2. The zero-order valence-electron chi connectivity index (χ0n) is 46.9. The van der Waals surface area contributed by atoms with Crippen molar-refractivity contribution in [2.75, 3.05) is 26.4 Å². The molecule has 0 radical (unpaired) electrons. The van der Waals surface area contributed by atoms with Gasteiger partial charge >= 0.3 is 25.7 Å². The van der Waals surface area contributed by atoms with Gasteiger partial charge in [-0.1, -0.05) is 192 Å². The van der Waals surface area contributed by atoms with Gasteiger partial charge in [-0.3, -0.25) is 23.4 Å². The minimum absolute atomic E-state index is 0.0846. The number of phosphoric ester groups is 1. The Labute approximate surface area is 460 Å². The quantitative estimate of drug-likeness (QED) is 0.0197. The maximum Gasteiger partial charge on any atom is 0.472 e. The molecule has 0 bridgehead atoms. The van der Waals surface area contributed by atoms with Crippen LogP contribution in [0, 0.1) is 0 Å². The summed E-state index contributed by atoms with van der Waals surface area (Å²) in [5, 5.41) is 9.81. The van der Waals surface area contributed by atoms with Crippen LogP contribution in [0.5, 0.6) is 0 Å². The highest BCUT2D eigenvalue weighted by atomic mass is 31.2. The van der Waals surface area contributed by atoms with E-state index in [9.17, 15) is 28.9 Å². The SMILES string of the molecule is CC/C=C\C/C=C\C/C=C\C/C=C\C/C=C\CCCCCC(=O)OC(COC(=O)CCCCC/C=C\C/C=C\C/C=C\CC)COP(=O)(O)OCC(CO)OC(=O)CCC/C=C\C/C=C\C/C=C\C/C=C\C/C=C\CC. The molecule has 0 amide bonds. The van der Waals surface area contributed by atoms with Gasteiger partial charge in [0.05, 0.1) is 19.8 Å². The number of allylic oxidation sites excluding steroid dienone is 26.